The van der Waals surface area contributed by atoms with E-state index in [1.807, 2.05) is 0 Å². The van der Waals surface area contributed by atoms with Crippen LogP contribution in [0.3, 0.4) is 0 Å². The summed E-state index contributed by atoms with van der Waals surface area (Å²) >= 11 is 0. The number of nitro groups is 1. The van der Waals surface area contributed by atoms with Gasteiger partial charge in [0.05, 0.1) is 22.0 Å². The molecule has 0 aliphatic heterocycles. The van der Waals surface area contributed by atoms with E-state index in [2.05, 4.69) is 0 Å². The number of fused-ring (bicyclic) bond motifs is 1. The normalized spacial score (nSPS) is 10.5. The molecule has 0 bridgehead atoms. The zero-order chi connectivity index (χ0) is 11.0. The summed E-state index contributed by atoms with van der Waals surface area (Å²) in [4.78, 5) is 20.8. The average molecular weight is 204 g/mol. The van der Waals surface area contributed by atoms with Crippen LogP contribution in [0.25, 0.3) is 10.9 Å². The van der Waals surface area contributed by atoms with E-state index in [9.17, 15) is 14.9 Å². The van der Waals surface area contributed by atoms with Crippen LogP contribution in [0.1, 0.15) is 10.4 Å². The summed E-state index contributed by atoms with van der Waals surface area (Å²) in [6.45, 7) is 0. The molecule has 0 fully saturated rings. The number of hydrogen-bond donors (Lipinski definition) is 0. The Balaban J connectivity index is 2.82. The summed E-state index contributed by atoms with van der Waals surface area (Å²) in [7, 11) is 1.73. The van der Waals surface area contributed by atoms with E-state index in [0.29, 0.717) is 17.2 Å². The van der Waals surface area contributed by atoms with Crippen molar-refractivity contribution in [2.75, 3.05) is 0 Å². The van der Waals surface area contributed by atoms with Crippen molar-refractivity contribution in [3.63, 3.8) is 0 Å². The van der Waals surface area contributed by atoms with Gasteiger partial charge in [-0.1, -0.05) is 0 Å². The maximum absolute atomic E-state index is 10.7. The number of aryl methyl sites for hydroxylation is 1. The summed E-state index contributed by atoms with van der Waals surface area (Å²) in [6, 6.07) is 4.87. The molecule has 2 rings (SSSR count). The van der Waals surface area contributed by atoms with Gasteiger partial charge in [0.25, 0.3) is 5.69 Å². The fraction of sp³-hybridized carbons (Fsp3) is 0.100. The Morgan fingerprint density at radius 1 is 1.47 bits per heavy atom. The number of rotatable bonds is 2. The van der Waals surface area contributed by atoms with Gasteiger partial charge < -0.3 is 4.57 Å². The maximum Gasteiger partial charge on any atom is 0.294 e. The molecule has 0 N–H and O–H groups in total. The second kappa shape index (κ2) is 3.20. The number of aromatic nitrogens is 1. The molecule has 0 radical (unpaired) electrons. The summed E-state index contributed by atoms with van der Waals surface area (Å²) < 4.78 is 1.67. The fourth-order valence-electron chi connectivity index (χ4n) is 1.61. The summed E-state index contributed by atoms with van der Waals surface area (Å²) in [5.74, 6) is 0. The van der Waals surface area contributed by atoms with Gasteiger partial charge >= 0.3 is 0 Å². The molecule has 1 heterocycles. The first-order valence-electron chi connectivity index (χ1n) is 4.32. The minimum Gasteiger partial charge on any atom is -0.344 e. The summed E-state index contributed by atoms with van der Waals surface area (Å²) in [5.41, 5.74) is 1.21. The van der Waals surface area contributed by atoms with Gasteiger partial charge in [-0.15, -0.1) is 0 Å². The van der Waals surface area contributed by atoms with E-state index >= 15 is 0 Å². The zero-order valence-electron chi connectivity index (χ0n) is 8.01. The second-order valence-electron chi connectivity index (χ2n) is 3.28. The molecule has 15 heavy (non-hydrogen) atoms. The smallest absolute Gasteiger partial charge is 0.294 e. The highest BCUT2D eigenvalue weighted by Crippen LogP contribution is 2.27. The van der Waals surface area contributed by atoms with E-state index in [1.165, 1.54) is 12.3 Å². The Bertz CT molecular complexity index is 557. The van der Waals surface area contributed by atoms with E-state index in [1.54, 1.807) is 23.7 Å². The van der Waals surface area contributed by atoms with Crippen molar-refractivity contribution in [3.8, 4) is 0 Å². The summed E-state index contributed by atoms with van der Waals surface area (Å²) in [6.07, 6.45) is 2.12. The van der Waals surface area contributed by atoms with E-state index in [0.717, 1.165) is 5.52 Å². The molecule has 0 aliphatic carbocycles. The van der Waals surface area contributed by atoms with Gasteiger partial charge in [-0.3, -0.25) is 14.9 Å². The van der Waals surface area contributed by atoms with E-state index in [4.69, 9.17) is 0 Å². The SMILES string of the molecule is Cn1cc([N+](=O)[O-])c2cc(C=O)ccc21. The number of benzene rings is 1. The van der Waals surface area contributed by atoms with Crippen LogP contribution in [0, 0.1) is 10.1 Å². The predicted octanol–water partition coefficient (Wildman–Crippen LogP) is 1.90. The lowest BCUT2D eigenvalue weighted by Crippen LogP contribution is -1.85. The van der Waals surface area contributed by atoms with Crippen molar-refractivity contribution < 1.29 is 9.72 Å². The maximum atomic E-state index is 10.7. The van der Waals surface area contributed by atoms with Crippen molar-refractivity contribution in [2.45, 2.75) is 0 Å². The Hall–Kier alpha value is -2.17. The molecule has 0 amide bonds. The first kappa shape index (κ1) is 9.39. The molecule has 76 valence electrons. The molecule has 0 atom stereocenters. The molecule has 0 spiro atoms. The Morgan fingerprint density at radius 3 is 2.80 bits per heavy atom. The first-order chi connectivity index (χ1) is 7.13. The third-order valence-electron chi connectivity index (χ3n) is 2.33. The van der Waals surface area contributed by atoms with Gasteiger partial charge in [0.1, 0.15) is 6.29 Å². The number of hydrogen-bond acceptors (Lipinski definition) is 3. The van der Waals surface area contributed by atoms with Crippen molar-refractivity contribution in [2.24, 2.45) is 7.05 Å². The van der Waals surface area contributed by atoms with Crippen molar-refractivity contribution in [3.05, 3.63) is 40.1 Å². The van der Waals surface area contributed by atoms with Crippen LogP contribution in [0.15, 0.2) is 24.4 Å². The predicted molar refractivity (Wildman–Crippen MR) is 55.0 cm³/mol. The lowest BCUT2D eigenvalue weighted by molar-refractivity contribution is -0.383. The Morgan fingerprint density at radius 2 is 2.20 bits per heavy atom. The van der Waals surface area contributed by atoms with Crippen LogP contribution in [0.5, 0.6) is 0 Å². The van der Waals surface area contributed by atoms with Crippen molar-refractivity contribution in [1.82, 2.24) is 4.57 Å². The molecule has 5 nitrogen and oxygen atoms in total. The van der Waals surface area contributed by atoms with Crippen molar-refractivity contribution in [1.29, 1.82) is 0 Å². The molecule has 0 saturated heterocycles. The Labute approximate surface area is 85.1 Å². The van der Waals surface area contributed by atoms with E-state index in [-0.39, 0.29) is 5.69 Å². The molecule has 0 unspecified atom stereocenters. The lowest BCUT2D eigenvalue weighted by Gasteiger charge is -1.94. The van der Waals surface area contributed by atoms with Crippen LogP contribution in [0.4, 0.5) is 5.69 Å². The third kappa shape index (κ3) is 1.38. The van der Waals surface area contributed by atoms with Gasteiger partial charge in [-0.25, -0.2) is 0 Å². The highest BCUT2D eigenvalue weighted by molar-refractivity contribution is 5.93. The molecule has 1 aromatic carbocycles. The van der Waals surface area contributed by atoms with Crippen LogP contribution >= 0.6 is 0 Å². The number of aldehydes is 1. The molecule has 5 heteroatoms. The van der Waals surface area contributed by atoms with Gasteiger partial charge in [0, 0.05) is 12.6 Å². The van der Waals surface area contributed by atoms with Crippen LogP contribution in [0.2, 0.25) is 0 Å². The molecule has 0 aliphatic rings. The molecular weight excluding hydrogens is 196 g/mol. The second-order valence-corrected chi connectivity index (χ2v) is 3.28. The van der Waals surface area contributed by atoms with Gasteiger partial charge in [-0.2, -0.15) is 0 Å². The minimum absolute atomic E-state index is 0.0243. The monoisotopic (exact) mass is 204 g/mol. The topological polar surface area (TPSA) is 65.1 Å². The minimum atomic E-state index is -0.448. The molecule has 2 aromatic rings. The molecular formula is C10H8N2O3. The largest absolute Gasteiger partial charge is 0.344 e. The van der Waals surface area contributed by atoms with Gasteiger partial charge in [0.2, 0.25) is 0 Å². The third-order valence-corrected chi connectivity index (χ3v) is 2.33. The molecule has 1 aromatic heterocycles. The lowest BCUT2D eigenvalue weighted by atomic mass is 10.1. The number of carbonyl (C=O) groups excluding carboxylic acids is 1. The van der Waals surface area contributed by atoms with E-state index < -0.39 is 4.92 Å². The van der Waals surface area contributed by atoms with Crippen LogP contribution in [-0.2, 0) is 7.05 Å². The zero-order valence-corrected chi connectivity index (χ0v) is 8.01. The van der Waals surface area contributed by atoms with Crippen LogP contribution < -0.4 is 0 Å². The Kier molecular flexibility index (Phi) is 2.00. The standard InChI is InChI=1S/C10H8N2O3/c1-11-5-10(12(14)15)8-4-7(6-13)2-3-9(8)11/h2-6H,1H3. The summed E-state index contributed by atoms with van der Waals surface area (Å²) in [5, 5.41) is 11.2. The van der Waals surface area contributed by atoms with Crippen molar-refractivity contribution >= 4 is 22.9 Å². The average Bonchev–Trinajstić information content (AvgIpc) is 2.56. The highest BCUT2D eigenvalue weighted by atomic mass is 16.6. The van der Waals surface area contributed by atoms with Gasteiger partial charge in [-0.05, 0) is 18.2 Å². The molecule has 0 saturated carbocycles. The first-order valence-corrected chi connectivity index (χ1v) is 4.32. The highest BCUT2D eigenvalue weighted by Gasteiger charge is 2.15. The fourth-order valence-corrected chi connectivity index (χ4v) is 1.61. The number of nitrogens with zero attached hydrogens (tertiary/aromatic N) is 2. The van der Waals surface area contributed by atoms with Gasteiger partial charge in [0.15, 0.2) is 0 Å². The number of carbonyl (C=O) groups is 1. The van der Waals surface area contributed by atoms with Crippen LogP contribution in [-0.4, -0.2) is 15.8 Å². The quantitative estimate of drug-likeness (QED) is 0.426.